The van der Waals surface area contributed by atoms with Crippen molar-refractivity contribution in [2.75, 3.05) is 13.6 Å². The highest BCUT2D eigenvalue weighted by molar-refractivity contribution is 5.81. The van der Waals surface area contributed by atoms with Gasteiger partial charge in [-0.05, 0) is 18.4 Å². The number of amides is 2. The van der Waals surface area contributed by atoms with Crippen molar-refractivity contribution in [1.82, 2.24) is 20.4 Å². The molecule has 0 atom stereocenters. The lowest BCUT2D eigenvalue weighted by molar-refractivity contribution is -0.121. The van der Waals surface area contributed by atoms with E-state index in [4.69, 9.17) is 9.63 Å². The topological polar surface area (TPSA) is 109 Å². The van der Waals surface area contributed by atoms with Gasteiger partial charge >= 0.3 is 6.09 Å². The molecule has 2 rings (SSSR count). The van der Waals surface area contributed by atoms with E-state index in [9.17, 15) is 9.59 Å². The second kappa shape index (κ2) is 13.4. The second-order valence-electron chi connectivity index (χ2n) is 7.85. The van der Waals surface area contributed by atoms with Crippen molar-refractivity contribution in [3.8, 4) is 11.4 Å². The standard InChI is InChI=1S/C23H34N4O4/c1-3-4-5-6-7-8-9-10-11-18-12-14-19(15-13-18)22-25-21(31-26-22)16-24-20(28)17-27(2)23(29)30/h12-15H,3-11,16-17H2,1-2H3,(H,24,28)(H,29,30). The summed E-state index contributed by atoms with van der Waals surface area (Å²) in [5.41, 5.74) is 2.15. The highest BCUT2D eigenvalue weighted by Gasteiger charge is 2.13. The highest BCUT2D eigenvalue weighted by Crippen LogP contribution is 2.18. The molecule has 170 valence electrons. The van der Waals surface area contributed by atoms with Gasteiger partial charge in [-0.2, -0.15) is 4.98 Å². The van der Waals surface area contributed by atoms with Crippen molar-refractivity contribution < 1.29 is 19.2 Å². The van der Waals surface area contributed by atoms with E-state index in [2.05, 4.69) is 34.5 Å². The number of unbranched alkanes of at least 4 members (excludes halogenated alkanes) is 7. The first-order valence-corrected chi connectivity index (χ1v) is 11.1. The Hall–Kier alpha value is -2.90. The molecule has 1 heterocycles. The number of likely N-dealkylation sites (N-methyl/N-ethyl adjacent to an activating group) is 1. The number of benzene rings is 1. The van der Waals surface area contributed by atoms with Crippen molar-refractivity contribution >= 4 is 12.0 Å². The van der Waals surface area contributed by atoms with Gasteiger partial charge < -0.3 is 19.8 Å². The molecular formula is C23H34N4O4. The van der Waals surface area contributed by atoms with Crippen molar-refractivity contribution in [1.29, 1.82) is 0 Å². The lowest BCUT2D eigenvalue weighted by Gasteiger charge is -2.11. The maximum atomic E-state index is 11.7. The summed E-state index contributed by atoms with van der Waals surface area (Å²) in [6, 6.07) is 8.15. The van der Waals surface area contributed by atoms with Gasteiger partial charge in [-0.3, -0.25) is 4.79 Å². The molecule has 2 amide bonds. The third-order valence-corrected chi connectivity index (χ3v) is 5.14. The van der Waals surface area contributed by atoms with Crippen LogP contribution in [0.4, 0.5) is 4.79 Å². The molecule has 0 radical (unpaired) electrons. The quantitative estimate of drug-likeness (QED) is 0.423. The fraction of sp³-hybridized carbons (Fsp3) is 0.565. The molecule has 8 heteroatoms. The molecular weight excluding hydrogens is 396 g/mol. The molecule has 1 aromatic carbocycles. The monoisotopic (exact) mass is 430 g/mol. The van der Waals surface area contributed by atoms with Gasteiger partial charge in [0, 0.05) is 12.6 Å². The van der Waals surface area contributed by atoms with Crippen molar-refractivity contribution in [3.63, 3.8) is 0 Å². The summed E-state index contributed by atoms with van der Waals surface area (Å²) in [6.07, 6.45) is 10.4. The maximum absolute atomic E-state index is 11.7. The molecule has 2 aromatic rings. The second-order valence-corrected chi connectivity index (χ2v) is 7.85. The van der Waals surface area contributed by atoms with E-state index in [1.54, 1.807) is 0 Å². The maximum Gasteiger partial charge on any atom is 0.407 e. The largest absolute Gasteiger partial charge is 0.465 e. The van der Waals surface area contributed by atoms with Crippen LogP contribution in [0.5, 0.6) is 0 Å². The molecule has 0 aliphatic heterocycles. The highest BCUT2D eigenvalue weighted by atomic mass is 16.5. The summed E-state index contributed by atoms with van der Waals surface area (Å²) < 4.78 is 5.17. The summed E-state index contributed by atoms with van der Waals surface area (Å²) in [6.45, 7) is 2.04. The van der Waals surface area contributed by atoms with E-state index in [0.717, 1.165) is 16.9 Å². The first kappa shape index (κ1) is 24.4. The predicted octanol–water partition coefficient (Wildman–Crippen LogP) is 4.65. The molecule has 0 aliphatic carbocycles. The first-order chi connectivity index (χ1) is 15.0. The Labute approximate surface area is 184 Å². The van der Waals surface area contributed by atoms with Gasteiger partial charge in [-0.1, -0.05) is 81.3 Å². The Bertz CT molecular complexity index is 804. The van der Waals surface area contributed by atoms with Crippen LogP contribution < -0.4 is 5.32 Å². The molecule has 0 bridgehead atoms. The van der Waals surface area contributed by atoms with Crippen molar-refractivity contribution in [3.05, 3.63) is 35.7 Å². The number of aryl methyl sites for hydroxylation is 1. The number of aromatic nitrogens is 2. The minimum atomic E-state index is -1.17. The molecule has 0 aliphatic rings. The lowest BCUT2D eigenvalue weighted by atomic mass is 10.0. The van der Waals surface area contributed by atoms with Crippen LogP contribution in [0.25, 0.3) is 11.4 Å². The number of nitrogens with zero attached hydrogens (tertiary/aromatic N) is 3. The van der Waals surface area contributed by atoms with Gasteiger partial charge in [-0.15, -0.1) is 0 Å². The normalized spacial score (nSPS) is 10.8. The minimum Gasteiger partial charge on any atom is -0.465 e. The summed E-state index contributed by atoms with van der Waals surface area (Å²) >= 11 is 0. The van der Waals surface area contributed by atoms with Crippen molar-refractivity contribution in [2.45, 2.75) is 71.3 Å². The molecule has 0 fully saturated rings. The first-order valence-electron chi connectivity index (χ1n) is 11.1. The smallest absolute Gasteiger partial charge is 0.407 e. The third kappa shape index (κ3) is 9.19. The SMILES string of the molecule is CCCCCCCCCCc1ccc(-c2noc(CNC(=O)CN(C)C(=O)O)n2)cc1. The zero-order chi connectivity index (χ0) is 22.5. The average molecular weight is 431 g/mol. The van der Waals surface area contributed by atoms with E-state index in [1.165, 1.54) is 64.0 Å². The van der Waals surface area contributed by atoms with E-state index in [0.29, 0.717) is 5.82 Å². The van der Waals surface area contributed by atoms with Crippen LogP contribution in [0.15, 0.2) is 28.8 Å². The average Bonchev–Trinajstić information content (AvgIpc) is 3.23. The molecule has 31 heavy (non-hydrogen) atoms. The summed E-state index contributed by atoms with van der Waals surface area (Å²) in [5, 5.41) is 15.3. The number of carboxylic acid groups (broad SMARTS) is 1. The van der Waals surface area contributed by atoms with E-state index < -0.39 is 12.0 Å². The zero-order valence-electron chi connectivity index (χ0n) is 18.6. The molecule has 2 N–H and O–H groups in total. The molecule has 0 unspecified atom stereocenters. The van der Waals surface area contributed by atoms with Gasteiger partial charge in [-0.25, -0.2) is 4.79 Å². The molecule has 8 nitrogen and oxygen atoms in total. The summed E-state index contributed by atoms with van der Waals surface area (Å²) in [4.78, 5) is 27.6. The number of nitrogens with one attached hydrogen (secondary N) is 1. The summed E-state index contributed by atoms with van der Waals surface area (Å²) in [5.74, 6) is 0.296. The Balaban J connectivity index is 1.71. The third-order valence-electron chi connectivity index (χ3n) is 5.14. The van der Waals surface area contributed by atoms with Crippen molar-refractivity contribution in [2.24, 2.45) is 0 Å². The Morgan fingerprint density at radius 1 is 1.03 bits per heavy atom. The van der Waals surface area contributed by atoms with Gasteiger partial charge in [0.1, 0.15) is 6.54 Å². The van der Waals surface area contributed by atoms with Crippen LogP contribution in [-0.4, -0.2) is 45.7 Å². The van der Waals surface area contributed by atoms with Gasteiger partial charge in [0.2, 0.25) is 17.6 Å². The molecule has 1 aromatic heterocycles. The van der Waals surface area contributed by atoms with Crippen LogP contribution in [-0.2, 0) is 17.8 Å². The van der Waals surface area contributed by atoms with Crippen LogP contribution in [0.2, 0.25) is 0 Å². The molecule has 0 spiro atoms. The van der Waals surface area contributed by atoms with Crippen LogP contribution in [0.1, 0.15) is 69.7 Å². The fourth-order valence-electron chi connectivity index (χ4n) is 3.24. The number of rotatable bonds is 14. The zero-order valence-corrected chi connectivity index (χ0v) is 18.6. The van der Waals surface area contributed by atoms with Gasteiger partial charge in [0.05, 0.1) is 6.54 Å². The molecule has 0 saturated heterocycles. The Morgan fingerprint density at radius 2 is 1.68 bits per heavy atom. The minimum absolute atomic E-state index is 0.0514. The lowest BCUT2D eigenvalue weighted by Crippen LogP contribution is -2.37. The molecule has 0 saturated carbocycles. The number of carbonyl (C=O) groups is 2. The number of hydrogen-bond acceptors (Lipinski definition) is 5. The van der Waals surface area contributed by atoms with E-state index in [1.807, 2.05) is 12.1 Å². The van der Waals surface area contributed by atoms with Gasteiger partial charge in [0.25, 0.3) is 0 Å². The summed E-state index contributed by atoms with van der Waals surface area (Å²) in [7, 11) is 1.32. The number of hydrogen-bond donors (Lipinski definition) is 2. The Morgan fingerprint density at radius 3 is 2.32 bits per heavy atom. The Kier molecular flexibility index (Phi) is 10.5. The van der Waals surface area contributed by atoms with E-state index in [-0.39, 0.29) is 19.0 Å². The van der Waals surface area contributed by atoms with Crippen LogP contribution >= 0.6 is 0 Å². The predicted molar refractivity (Wildman–Crippen MR) is 119 cm³/mol. The number of carbonyl (C=O) groups excluding carboxylic acids is 1. The fourth-order valence-corrected chi connectivity index (χ4v) is 3.24. The van der Waals surface area contributed by atoms with Crippen LogP contribution in [0, 0.1) is 0 Å². The van der Waals surface area contributed by atoms with Crippen LogP contribution in [0.3, 0.4) is 0 Å². The van der Waals surface area contributed by atoms with Gasteiger partial charge in [0.15, 0.2) is 0 Å². The van der Waals surface area contributed by atoms with E-state index >= 15 is 0 Å².